The molecule has 0 atom stereocenters. The van der Waals surface area contributed by atoms with E-state index in [2.05, 4.69) is 5.32 Å². The van der Waals surface area contributed by atoms with E-state index >= 15 is 0 Å². The fourth-order valence-corrected chi connectivity index (χ4v) is 3.56. The molecule has 0 unspecified atom stereocenters. The third-order valence-corrected chi connectivity index (χ3v) is 5.15. The molecule has 0 saturated carbocycles. The van der Waals surface area contributed by atoms with Crippen molar-refractivity contribution in [1.29, 1.82) is 5.41 Å². The number of hydroxylamine groups is 1. The van der Waals surface area contributed by atoms with E-state index < -0.39 is 5.91 Å². The maximum atomic E-state index is 13.3. The van der Waals surface area contributed by atoms with E-state index in [4.69, 9.17) is 16.4 Å². The number of anilines is 1. The van der Waals surface area contributed by atoms with Gasteiger partial charge in [0.15, 0.2) is 0 Å². The Morgan fingerprint density at radius 3 is 2.03 bits per heavy atom. The minimum absolute atomic E-state index is 0.0570. The Hall–Kier alpha value is -4.49. The van der Waals surface area contributed by atoms with Crippen molar-refractivity contribution in [1.82, 2.24) is 5.48 Å². The van der Waals surface area contributed by atoms with Crippen molar-refractivity contribution >= 4 is 34.1 Å². The lowest BCUT2D eigenvalue weighted by atomic mass is 9.92. The first-order chi connectivity index (χ1) is 15.5. The lowest BCUT2D eigenvalue weighted by Crippen LogP contribution is -2.20. The smallest absolute Gasteiger partial charge is 0.275 e. The first kappa shape index (κ1) is 20.8. The summed E-state index contributed by atoms with van der Waals surface area (Å²) in [5, 5.41) is 21.3. The minimum atomic E-state index is -0.667. The fourth-order valence-electron chi connectivity index (χ4n) is 3.56. The number of amidine groups is 1. The Labute approximate surface area is 184 Å². The molecule has 4 aromatic carbocycles. The maximum absolute atomic E-state index is 13.3. The Morgan fingerprint density at radius 2 is 1.38 bits per heavy atom. The average molecular weight is 424 g/mol. The Balaban J connectivity index is 1.83. The Morgan fingerprint density at radius 1 is 0.750 bits per heavy atom. The molecule has 0 aromatic heterocycles. The molecule has 0 saturated heterocycles. The van der Waals surface area contributed by atoms with Gasteiger partial charge in [-0.3, -0.25) is 20.2 Å². The first-order valence-electron chi connectivity index (χ1n) is 9.80. The molecule has 158 valence electrons. The second-order valence-electron chi connectivity index (χ2n) is 7.18. The van der Waals surface area contributed by atoms with E-state index in [0.717, 1.165) is 10.8 Å². The number of benzene rings is 4. The molecule has 0 heterocycles. The number of carbonyl (C=O) groups excluding carboxylic acids is 2. The summed E-state index contributed by atoms with van der Waals surface area (Å²) in [5.41, 5.74) is 9.93. The third kappa shape index (κ3) is 4.05. The predicted molar refractivity (Wildman–Crippen MR) is 124 cm³/mol. The quantitative estimate of drug-likeness (QED) is 0.143. The average Bonchev–Trinajstić information content (AvgIpc) is 2.83. The van der Waals surface area contributed by atoms with E-state index in [9.17, 15) is 9.59 Å². The van der Waals surface area contributed by atoms with E-state index in [1.807, 2.05) is 30.3 Å². The molecule has 7 heteroatoms. The van der Waals surface area contributed by atoms with Gasteiger partial charge in [0.05, 0.1) is 0 Å². The van der Waals surface area contributed by atoms with Crippen molar-refractivity contribution in [3.05, 3.63) is 102 Å². The maximum Gasteiger partial charge on any atom is 0.275 e. The number of nitrogen functional groups attached to an aromatic ring is 1. The monoisotopic (exact) mass is 424 g/mol. The normalized spacial score (nSPS) is 10.5. The van der Waals surface area contributed by atoms with Gasteiger partial charge < -0.3 is 11.1 Å². The van der Waals surface area contributed by atoms with Crippen LogP contribution in [0.25, 0.3) is 21.9 Å². The van der Waals surface area contributed by atoms with Crippen LogP contribution in [-0.2, 0) is 0 Å². The highest BCUT2D eigenvalue weighted by Gasteiger charge is 2.19. The second-order valence-corrected chi connectivity index (χ2v) is 7.18. The van der Waals surface area contributed by atoms with E-state index in [-0.39, 0.29) is 17.3 Å². The molecule has 6 N–H and O–H groups in total. The molecular formula is C25H20N4O3. The van der Waals surface area contributed by atoms with Crippen LogP contribution in [0.1, 0.15) is 26.3 Å². The van der Waals surface area contributed by atoms with E-state index in [0.29, 0.717) is 27.9 Å². The molecule has 0 aliphatic carbocycles. The van der Waals surface area contributed by atoms with Crippen molar-refractivity contribution in [2.24, 2.45) is 5.73 Å². The van der Waals surface area contributed by atoms with Gasteiger partial charge in [0.1, 0.15) is 5.84 Å². The highest BCUT2D eigenvalue weighted by atomic mass is 16.5. The van der Waals surface area contributed by atoms with Crippen molar-refractivity contribution in [3.8, 4) is 11.1 Å². The van der Waals surface area contributed by atoms with Crippen LogP contribution in [0.4, 0.5) is 5.69 Å². The summed E-state index contributed by atoms with van der Waals surface area (Å²) < 4.78 is 0. The van der Waals surface area contributed by atoms with Gasteiger partial charge >= 0.3 is 0 Å². The van der Waals surface area contributed by atoms with Gasteiger partial charge in [-0.15, -0.1) is 0 Å². The van der Waals surface area contributed by atoms with Gasteiger partial charge in [-0.05, 0) is 64.4 Å². The van der Waals surface area contributed by atoms with E-state index in [1.165, 1.54) is 0 Å². The first-order valence-corrected chi connectivity index (χ1v) is 9.80. The van der Waals surface area contributed by atoms with Crippen LogP contribution in [0.5, 0.6) is 0 Å². The van der Waals surface area contributed by atoms with Crippen molar-refractivity contribution in [3.63, 3.8) is 0 Å². The molecule has 32 heavy (non-hydrogen) atoms. The molecule has 0 spiro atoms. The number of amides is 2. The van der Waals surface area contributed by atoms with Gasteiger partial charge in [-0.25, -0.2) is 5.48 Å². The highest BCUT2D eigenvalue weighted by molar-refractivity contribution is 6.13. The van der Waals surface area contributed by atoms with Crippen molar-refractivity contribution < 1.29 is 14.8 Å². The zero-order valence-electron chi connectivity index (χ0n) is 16.9. The fraction of sp³-hybridized carbons (Fsp3) is 0. The van der Waals surface area contributed by atoms with Crippen LogP contribution in [0.3, 0.4) is 0 Å². The molecule has 2 amide bonds. The Kier molecular flexibility index (Phi) is 5.65. The van der Waals surface area contributed by atoms with E-state index in [1.54, 1.807) is 60.1 Å². The number of carbonyl (C=O) groups is 2. The molecule has 0 radical (unpaired) electrons. The van der Waals surface area contributed by atoms with Crippen LogP contribution in [0.2, 0.25) is 0 Å². The summed E-state index contributed by atoms with van der Waals surface area (Å²) in [4.78, 5) is 25.5. The molecule has 0 aliphatic rings. The number of hydrogen-bond acceptors (Lipinski definition) is 4. The lowest BCUT2D eigenvalue weighted by molar-refractivity contribution is 0.0707. The van der Waals surface area contributed by atoms with Gasteiger partial charge in [0.25, 0.3) is 11.8 Å². The van der Waals surface area contributed by atoms with Crippen LogP contribution < -0.4 is 16.5 Å². The second kappa shape index (κ2) is 8.71. The standard InChI is InChI=1S/C25H20N4O3/c26-23(27)15-9-11-18(12-10-15)28-24(30)22-14-17-6-2-1-5-16(17)13-21(22)19-7-3-4-8-20(19)25(31)29-32/h1-14,32H,(H3,26,27)(H,28,30)(H,29,31). The molecular weight excluding hydrogens is 404 g/mol. The number of nitrogens with one attached hydrogen (secondary N) is 3. The zero-order chi connectivity index (χ0) is 22.7. The lowest BCUT2D eigenvalue weighted by Gasteiger charge is -2.15. The summed E-state index contributed by atoms with van der Waals surface area (Å²) in [6, 6.07) is 24.7. The van der Waals surface area contributed by atoms with Gasteiger partial charge in [-0.1, -0.05) is 42.5 Å². The van der Waals surface area contributed by atoms with Crippen LogP contribution in [0, 0.1) is 5.41 Å². The summed E-state index contributed by atoms with van der Waals surface area (Å²) in [6.45, 7) is 0. The van der Waals surface area contributed by atoms with Crippen LogP contribution in [-0.4, -0.2) is 22.9 Å². The summed E-state index contributed by atoms with van der Waals surface area (Å²) in [7, 11) is 0. The summed E-state index contributed by atoms with van der Waals surface area (Å²) >= 11 is 0. The molecule has 0 aliphatic heterocycles. The minimum Gasteiger partial charge on any atom is -0.384 e. The van der Waals surface area contributed by atoms with Crippen molar-refractivity contribution in [2.45, 2.75) is 0 Å². The molecule has 0 fully saturated rings. The van der Waals surface area contributed by atoms with Crippen LogP contribution in [0.15, 0.2) is 84.9 Å². The molecule has 4 rings (SSSR count). The largest absolute Gasteiger partial charge is 0.384 e. The molecule has 4 aromatic rings. The van der Waals surface area contributed by atoms with Gasteiger partial charge in [0.2, 0.25) is 0 Å². The van der Waals surface area contributed by atoms with Crippen molar-refractivity contribution in [2.75, 3.05) is 5.32 Å². The van der Waals surface area contributed by atoms with Crippen LogP contribution >= 0.6 is 0 Å². The number of nitrogens with two attached hydrogens (primary N) is 1. The number of fused-ring (bicyclic) bond motifs is 1. The number of rotatable bonds is 5. The molecule has 7 nitrogen and oxygen atoms in total. The van der Waals surface area contributed by atoms with Gasteiger partial charge in [0, 0.05) is 22.4 Å². The highest BCUT2D eigenvalue weighted by Crippen LogP contribution is 2.32. The summed E-state index contributed by atoms with van der Waals surface area (Å²) in [6.07, 6.45) is 0. The third-order valence-electron chi connectivity index (χ3n) is 5.15. The van der Waals surface area contributed by atoms with Gasteiger partial charge in [-0.2, -0.15) is 0 Å². The Bertz CT molecular complexity index is 1350. The number of hydrogen-bond donors (Lipinski definition) is 5. The predicted octanol–water partition coefficient (Wildman–Crippen LogP) is 4.16. The zero-order valence-corrected chi connectivity index (χ0v) is 16.9. The SMILES string of the molecule is N=C(N)c1ccc(NC(=O)c2cc3ccccc3cc2-c2ccccc2C(=O)NO)cc1. The summed E-state index contributed by atoms with van der Waals surface area (Å²) in [5.74, 6) is -1.08. The molecule has 0 bridgehead atoms. The topological polar surface area (TPSA) is 128 Å².